The maximum Gasteiger partial charge on any atom is 0.511 e. The third kappa shape index (κ3) is 1.74. The van der Waals surface area contributed by atoms with Crippen LogP contribution in [0.3, 0.4) is 0 Å². The Balaban J connectivity index is 2.14. The minimum Gasteiger partial charge on any atom is -0.449 e. The molecule has 3 rings (SSSR count). The molecule has 2 atom stereocenters. The second kappa shape index (κ2) is 4.36. The maximum atomic E-state index is 10.7. The zero-order valence-corrected chi connectivity index (χ0v) is 13.3. The molecule has 2 aliphatic heterocycles. The predicted molar refractivity (Wildman–Crippen MR) is 79.6 cm³/mol. The van der Waals surface area contributed by atoms with Gasteiger partial charge in [-0.1, -0.05) is 6.92 Å². The first-order valence-electron chi connectivity index (χ1n) is 6.52. The molecule has 0 aromatic heterocycles. The number of anilines is 1. The average Bonchev–Trinajstić information content (AvgIpc) is 2.74. The van der Waals surface area contributed by atoms with E-state index >= 15 is 0 Å². The van der Waals surface area contributed by atoms with Crippen molar-refractivity contribution in [3.05, 3.63) is 22.2 Å². The number of likely N-dealkylation sites (tertiary alicyclic amines) is 1. The zero-order chi connectivity index (χ0) is 14.7. The van der Waals surface area contributed by atoms with Crippen molar-refractivity contribution in [1.29, 1.82) is 0 Å². The molecular weight excluding hydrogens is 324 g/mol. The Labute approximate surface area is 126 Å². The topological polar surface area (TPSA) is 53.0 Å². The number of carboxylic acid groups (broad SMARTS) is 1. The van der Waals surface area contributed by atoms with Crippen molar-refractivity contribution in [2.24, 2.45) is 0 Å². The summed E-state index contributed by atoms with van der Waals surface area (Å²) in [5.41, 5.74) is 2.28. The second-order valence-corrected chi connectivity index (χ2v) is 6.66. The summed E-state index contributed by atoms with van der Waals surface area (Å²) in [5, 5.41) is 8.80. The number of hydrogen-bond acceptors (Lipinski definition) is 4. The van der Waals surface area contributed by atoms with E-state index in [-0.39, 0.29) is 5.41 Å². The normalized spacial score (nSPS) is 28.4. The van der Waals surface area contributed by atoms with Crippen molar-refractivity contribution < 1.29 is 14.6 Å². The van der Waals surface area contributed by atoms with E-state index in [2.05, 4.69) is 46.7 Å². The van der Waals surface area contributed by atoms with Crippen molar-refractivity contribution >= 4 is 27.8 Å². The molecule has 1 saturated heterocycles. The summed E-state index contributed by atoms with van der Waals surface area (Å²) in [6.07, 6.45) is 0.0661. The number of nitrogens with zero attached hydrogens (tertiary/aromatic N) is 2. The standard InChI is InChI=1S/C14H17BrN2O3/c1-14-4-5-16(2)12(14)17(3)11-9(14)6-8(7-10(11)15)20-13(18)19/h6-7,12H,4-5H2,1-3H3,(H,18,19)/t12-,14-/m0/s1. The van der Waals surface area contributed by atoms with Gasteiger partial charge in [0.2, 0.25) is 0 Å². The van der Waals surface area contributed by atoms with Crippen LogP contribution in [-0.2, 0) is 5.41 Å². The quantitative estimate of drug-likeness (QED) is 0.629. The summed E-state index contributed by atoms with van der Waals surface area (Å²) in [7, 11) is 4.21. The second-order valence-electron chi connectivity index (χ2n) is 5.80. The van der Waals surface area contributed by atoms with Gasteiger partial charge >= 0.3 is 6.16 Å². The van der Waals surface area contributed by atoms with Crippen LogP contribution in [0.15, 0.2) is 16.6 Å². The molecular formula is C14H17BrN2O3. The predicted octanol–water partition coefficient (Wildman–Crippen LogP) is 2.88. The summed E-state index contributed by atoms with van der Waals surface area (Å²) in [5.74, 6) is 0.368. The first-order chi connectivity index (χ1) is 9.34. The van der Waals surface area contributed by atoms with Gasteiger partial charge < -0.3 is 14.7 Å². The van der Waals surface area contributed by atoms with Crippen LogP contribution in [0.1, 0.15) is 18.9 Å². The third-order valence-corrected chi connectivity index (χ3v) is 5.15. The number of rotatable bonds is 1. The molecule has 0 spiro atoms. The van der Waals surface area contributed by atoms with Crippen LogP contribution in [-0.4, -0.2) is 43.0 Å². The molecule has 1 fully saturated rings. The molecule has 0 unspecified atom stereocenters. The first kappa shape index (κ1) is 13.7. The average molecular weight is 341 g/mol. The number of ether oxygens (including phenoxy) is 1. The molecule has 5 nitrogen and oxygen atoms in total. The molecule has 0 radical (unpaired) electrons. The fourth-order valence-electron chi connectivity index (χ4n) is 3.79. The van der Waals surface area contributed by atoms with E-state index in [1.54, 1.807) is 6.07 Å². The van der Waals surface area contributed by atoms with Crippen LogP contribution < -0.4 is 9.64 Å². The van der Waals surface area contributed by atoms with Gasteiger partial charge in [0.1, 0.15) is 5.75 Å². The monoisotopic (exact) mass is 340 g/mol. The smallest absolute Gasteiger partial charge is 0.449 e. The van der Waals surface area contributed by atoms with Crippen molar-refractivity contribution in [2.45, 2.75) is 24.9 Å². The number of benzene rings is 1. The van der Waals surface area contributed by atoms with Gasteiger partial charge in [-0.2, -0.15) is 0 Å². The minimum atomic E-state index is -1.28. The molecule has 0 saturated carbocycles. The summed E-state index contributed by atoms with van der Waals surface area (Å²) in [4.78, 5) is 15.3. The Bertz CT molecular complexity index is 592. The van der Waals surface area contributed by atoms with Crippen LogP contribution in [0.2, 0.25) is 0 Å². The highest BCUT2D eigenvalue weighted by Crippen LogP contribution is 2.54. The van der Waals surface area contributed by atoms with Crippen molar-refractivity contribution in [2.75, 3.05) is 25.5 Å². The summed E-state index contributed by atoms with van der Waals surface area (Å²) >= 11 is 3.55. The fourth-order valence-corrected chi connectivity index (χ4v) is 4.51. The third-order valence-electron chi connectivity index (χ3n) is 4.55. The minimum absolute atomic E-state index is 0.000767. The van der Waals surface area contributed by atoms with E-state index in [0.717, 1.165) is 28.7 Å². The highest BCUT2D eigenvalue weighted by Gasteiger charge is 2.53. The van der Waals surface area contributed by atoms with Crippen LogP contribution in [0.5, 0.6) is 5.75 Å². The largest absolute Gasteiger partial charge is 0.511 e. The Kier molecular flexibility index (Phi) is 2.99. The van der Waals surface area contributed by atoms with Crippen molar-refractivity contribution in [1.82, 2.24) is 4.90 Å². The fraction of sp³-hybridized carbons (Fsp3) is 0.500. The first-order valence-corrected chi connectivity index (χ1v) is 7.32. The van der Waals surface area contributed by atoms with Gasteiger partial charge in [0.15, 0.2) is 0 Å². The summed E-state index contributed by atoms with van der Waals surface area (Å²) in [6.45, 7) is 3.27. The van der Waals surface area contributed by atoms with Gasteiger partial charge in [0.25, 0.3) is 0 Å². The molecule has 1 aromatic rings. The van der Waals surface area contributed by atoms with Gasteiger partial charge in [0, 0.05) is 23.5 Å². The highest BCUT2D eigenvalue weighted by atomic mass is 79.9. The van der Waals surface area contributed by atoms with E-state index in [4.69, 9.17) is 9.84 Å². The summed E-state index contributed by atoms with van der Waals surface area (Å²) in [6, 6.07) is 3.58. The van der Waals surface area contributed by atoms with E-state index in [1.165, 1.54) is 0 Å². The Morgan fingerprint density at radius 2 is 2.20 bits per heavy atom. The van der Waals surface area contributed by atoms with Crippen LogP contribution in [0.25, 0.3) is 0 Å². The lowest BCUT2D eigenvalue weighted by molar-refractivity contribution is 0.144. The molecule has 1 aromatic carbocycles. The molecule has 0 aliphatic carbocycles. The molecule has 1 N–H and O–H groups in total. The molecule has 6 heteroatoms. The zero-order valence-electron chi connectivity index (χ0n) is 11.7. The lowest BCUT2D eigenvalue weighted by Gasteiger charge is -2.32. The number of likely N-dealkylation sites (N-methyl/N-ethyl adjacent to an activating group) is 2. The highest BCUT2D eigenvalue weighted by molar-refractivity contribution is 9.10. The number of halogens is 1. The van der Waals surface area contributed by atoms with E-state index in [1.807, 2.05) is 6.07 Å². The lowest BCUT2D eigenvalue weighted by atomic mass is 9.81. The molecule has 0 amide bonds. The number of hydrogen-bond donors (Lipinski definition) is 1. The molecule has 20 heavy (non-hydrogen) atoms. The maximum absolute atomic E-state index is 10.7. The van der Waals surface area contributed by atoms with Gasteiger partial charge in [-0.05, 0) is 47.1 Å². The van der Waals surface area contributed by atoms with Crippen molar-refractivity contribution in [3.8, 4) is 5.75 Å². The van der Waals surface area contributed by atoms with Crippen LogP contribution >= 0.6 is 15.9 Å². The number of carbonyl (C=O) groups is 1. The molecule has 2 aliphatic rings. The molecule has 2 heterocycles. The van der Waals surface area contributed by atoms with E-state index in [9.17, 15) is 4.79 Å². The van der Waals surface area contributed by atoms with Crippen LogP contribution in [0.4, 0.5) is 10.5 Å². The van der Waals surface area contributed by atoms with Crippen LogP contribution in [0, 0.1) is 0 Å². The van der Waals surface area contributed by atoms with E-state index < -0.39 is 6.16 Å². The Morgan fingerprint density at radius 3 is 2.85 bits per heavy atom. The lowest BCUT2D eigenvalue weighted by Crippen LogP contribution is -2.45. The SMILES string of the molecule is CN1CC[C@@]2(C)c3cc(OC(=O)O)cc(Br)c3N(C)[C@H]12. The molecule has 108 valence electrons. The van der Waals surface area contributed by atoms with Crippen molar-refractivity contribution in [3.63, 3.8) is 0 Å². The Hall–Kier alpha value is -1.27. The van der Waals surface area contributed by atoms with Gasteiger partial charge in [-0.25, -0.2) is 4.79 Å². The van der Waals surface area contributed by atoms with E-state index in [0.29, 0.717) is 11.9 Å². The molecule has 0 bridgehead atoms. The Morgan fingerprint density at radius 1 is 1.50 bits per heavy atom. The number of fused-ring (bicyclic) bond motifs is 3. The van der Waals surface area contributed by atoms with Gasteiger partial charge in [-0.15, -0.1) is 0 Å². The van der Waals surface area contributed by atoms with Gasteiger partial charge in [-0.3, -0.25) is 4.90 Å². The van der Waals surface area contributed by atoms with Gasteiger partial charge in [0.05, 0.1) is 11.9 Å². The summed E-state index contributed by atoms with van der Waals surface area (Å²) < 4.78 is 5.70.